The molecular formula is C20H25N5O4. The molecule has 154 valence electrons. The molecule has 2 aromatic rings. The SMILES string of the molecule is COc1ccccc1C(CNC(=O)c1nccnc1N)NC(=O)C1(C)CCOC1. The van der Waals surface area contributed by atoms with Crippen LogP contribution in [0.1, 0.15) is 35.4 Å². The fraction of sp³-hybridized carbons (Fsp3) is 0.400. The molecule has 1 aromatic carbocycles. The highest BCUT2D eigenvalue weighted by Gasteiger charge is 2.38. The van der Waals surface area contributed by atoms with Crippen molar-refractivity contribution in [3.05, 3.63) is 47.9 Å². The minimum Gasteiger partial charge on any atom is -0.496 e. The first-order valence-corrected chi connectivity index (χ1v) is 9.31. The first-order chi connectivity index (χ1) is 13.9. The lowest BCUT2D eigenvalue weighted by atomic mass is 9.88. The number of nitrogens with one attached hydrogen (secondary N) is 2. The van der Waals surface area contributed by atoms with E-state index < -0.39 is 17.4 Å². The van der Waals surface area contributed by atoms with Crippen molar-refractivity contribution in [1.82, 2.24) is 20.6 Å². The first kappa shape index (κ1) is 20.5. The zero-order valence-corrected chi connectivity index (χ0v) is 16.5. The molecule has 1 aliphatic rings. The molecule has 0 radical (unpaired) electrons. The Labute approximate surface area is 169 Å². The second-order valence-corrected chi connectivity index (χ2v) is 7.13. The van der Waals surface area contributed by atoms with Gasteiger partial charge in [-0.15, -0.1) is 0 Å². The smallest absolute Gasteiger partial charge is 0.273 e. The highest BCUT2D eigenvalue weighted by molar-refractivity contribution is 5.96. The van der Waals surface area contributed by atoms with Crippen molar-refractivity contribution in [3.63, 3.8) is 0 Å². The summed E-state index contributed by atoms with van der Waals surface area (Å²) >= 11 is 0. The number of hydrogen-bond donors (Lipinski definition) is 3. The van der Waals surface area contributed by atoms with Gasteiger partial charge in [0.05, 0.1) is 25.2 Å². The highest BCUT2D eigenvalue weighted by Crippen LogP contribution is 2.30. The monoisotopic (exact) mass is 399 g/mol. The fourth-order valence-corrected chi connectivity index (χ4v) is 3.17. The molecule has 4 N–H and O–H groups in total. The van der Waals surface area contributed by atoms with E-state index in [0.29, 0.717) is 25.4 Å². The summed E-state index contributed by atoms with van der Waals surface area (Å²) in [5.41, 5.74) is 5.90. The molecule has 9 nitrogen and oxygen atoms in total. The molecule has 0 aliphatic carbocycles. The van der Waals surface area contributed by atoms with Gasteiger partial charge in [-0.25, -0.2) is 9.97 Å². The Kier molecular flexibility index (Phi) is 6.28. The first-order valence-electron chi connectivity index (χ1n) is 9.31. The molecule has 1 aromatic heterocycles. The maximum atomic E-state index is 12.9. The van der Waals surface area contributed by atoms with Crippen LogP contribution < -0.4 is 21.1 Å². The summed E-state index contributed by atoms with van der Waals surface area (Å²) in [7, 11) is 1.56. The van der Waals surface area contributed by atoms with E-state index in [1.165, 1.54) is 12.4 Å². The predicted octanol–water partition coefficient (Wildman–Crippen LogP) is 1.08. The lowest BCUT2D eigenvalue weighted by Gasteiger charge is -2.27. The van der Waals surface area contributed by atoms with Gasteiger partial charge in [0, 0.05) is 31.1 Å². The molecule has 29 heavy (non-hydrogen) atoms. The molecule has 2 heterocycles. The van der Waals surface area contributed by atoms with Crippen molar-refractivity contribution < 1.29 is 19.1 Å². The largest absolute Gasteiger partial charge is 0.496 e. The summed E-state index contributed by atoms with van der Waals surface area (Å²) in [6, 6.07) is 6.82. The van der Waals surface area contributed by atoms with Crippen LogP contribution in [0, 0.1) is 5.41 Å². The van der Waals surface area contributed by atoms with E-state index in [2.05, 4.69) is 20.6 Å². The lowest BCUT2D eigenvalue weighted by molar-refractivity contribution is -0.131. The lowest BCUT2D eigenvalue weighted by Crippen LogP contribution is -2.45. The molecule has 1 aliphatic heterocycles. The molecule has 3 rings (SSSR count). The summed E-state index contributed by atoms with van der Waals surface area (Å²) in [6.07, 6.45) is 3.44. The number of anilines is 1. The molecule has 0 saturated carbocycles. The van der Waals surface area contributed by atoms with Crippen LogP contribution in [0.25, 0.3) is 0 Å². The van der Waals surface area contributed by atoms with Crippen LogP contribution in [0.2, 0.25) is 0 Å². The third-order valence-corrected chi connectivity index (χ3v) is 5.00. The van der Waals surface area contributed by atoms with E-state index in [1.54, 1.807) is 13.2 Å². The van der Waals surface area contributed by atoms with Crippen molar-refractivity contribution in [2.45, 2.75) is 19.4 Å². The van der Waals surface area contributed by atoms with E-state index in [-0.39, 0.29) is 24.0 Å². The Morgan fingerprint density at radius 1 is 1.31 bits per heavy atom. The molecule has 1 fully saturated rings. The van der Waals surface area contributed by atoms with Gasteiger partial charge in [-0.3, -0.25) is 9.59 Å². The maximum absolute atomic E-state index is 12.9. The van der Waals surface area contributed by atoms with Gasteiger partial charge < -0.3 is 25.8 Å². The van der Waals surface area contributed by atoms with Gasteiger partial charge in [0.1, 0.15) is 5.75 Å². The number of carbonyl (C=O) groups excluding carboxylic acids is 2. The summed E-state index contributed by atoms with van der Waals surface area (Å²) in [6.45, 7) is 2.90. The summed E-state index contributed by atoms with van der Waals surface area (Å²) in [4.78, 5) is 33.3. The van der Waals surface area contributed by atoms with Gasteiger partial charge in [0.25, 0.3) is 5.91 Å². The van der Waals surface area contributed by atoms with Crippen LogP contribution >= 0.6 is 0 Å². The number of rotatable bonds is 7. The van der Waals surface area contributed by atoms with Crippen LogP contribution in [-0.2, 0) is 9.53 Å². The van der Waals surface area contributed by atoms with Crippen molar-refractivity contribution in [2.24, 2.45) is 5.41 Å². The van der Waals surface area contributed by atoms with Gasteiger partial charge in [-0.05, 0) is 19.4 Å². The van der Waals surface area contributed by atoms with Crippen LogP contribution in [0.4, 0.5) is 5.82 Å². The molecule has 2 unspecified atom stereocenters. The number of amides is 2. The van der Waals surface area contributed by atoms with Crippen molar-refractivity contribution >= 4 is 17.6 Å². The number of nitrogens with two attached hydrogens (primary N) is 1. The predicted molar refractivity (Wildman–Crippen MR) is 106 cm³/mol. The van der Waals surface area contributed by atoms with Gasteiger partial charge in [-0.2, -0.15) is 0 Å². The molecule has 0 spiro atoms. The Hall–Kier alpha value is -3.20. The zero-order valence-electron chi connectivity index (χ0n) is 16.5. The number of methoxy groups -OCH3 is 1. The topological polar surface area (TPSA) is 128 Å². The normalized spacial score (nSPS) is 19.4. The highest BCUT2D eigenvalue weighted by atomic mass is 16.5. The number of benzene rings is 1. The second-order valence-electron chi connectivity index (χ2n) is 7.13. The minimum atomic E-state index is -0.611. The third kappa shape index (κ3) is 4.62. The summed E-state index contributed by atoms with van der Waals surface area (Å²) < 4.78 is 10.8. The van der Waals surface area contributed by atoms with E-state index in [4.69, 9.17) is 15.2 Å². The molecule has 2 amide bonds. The van der Waals surface area contributed by atoms with Gasteiger partial charge in [0.15, 0.2) is 11.5 Å². The molecule has 9 heteroatoms. The quantitative estimate of drug-likeness (QED) is 0.635. The average Bonchev–Trinajstić information content (AvgIpc) is 3.19. The van der Waals surface area contributed by atoms with Crippen LogP contribution in [0.5, 0.6) is 5.75 Å². The van der Waals surface area contributed by atoms with Gasteiger partial charge in [-0.1, -0.05) is 18.2 Å². The number of carbonyl (C=O) groups is 2. The van der Waals surface area contributed by atoms with Gasteiger partial charge >= 0.3 is 0 Å². The minimum absolute atomic E-state index is 0.0359. The Morgan fingerprint density at radius 3 is 2.76 bits per heavy atom. The van der Waals surface area contributed by atoms with Crippen LogP contribution in [-0.4, -0.2) is 48.7 Å². The number of nitrogens with zero attached hydrogens (tertiary/aromatic N) is 2. The van der Waals surface area contributed by atoms with Gasteiger partial charge in [0.2, 0.25) is 5.91 Å². The number of ether oxygens (including phenoxy) is 2. The fourth-order valence-electron chi connectivity index (χ4n) is 3.17. The van der Waals surface area contributed by atoms with E-state index >= 15 is 0 Å². The van der Waals surface area contributed by atoms with Crippen molar-refractivity contribution in [3.8, 4) is 5.75 Å². The van der Waals surface area contributed by atoms with E-state index in [1.807, 2.05) is 25.1 Å². The van der Waals surface area contributed by atoms with Crippen LogP contribution in [0.15, 0.2) is 36.7 Å². The number of aromatic nitrogens is 2. The number of para-hydroxylation sites is 1. The summed E-state index contributed by atoms with van der Waals surface area (Å²) in [5, 5.41) is 5.81. The number of hydrogen-bond acceptors (Lipinski definition) is 7. The van der Waals surface area contributed by atoms with E-state index in [9.17, 15) is 9.59 Å². The zero-order chi connectivity index (χ0) is 20.9. The molecular weight excluding hydrogens is 374 g/mol. The average molecular weight is 399 g/mol. The Balaban J connectivity index is 1.80. The third-order valence-electron chi connectivity index (χ3n) is 5.00. The van der Waals surface area contributed by atoms with E-state index in [0.717, 1.165) is 5.56 Å². The van der Waals surface area contributed by atoms with Crippen LogP contribution in [0.3, 0.4) is 0 Å². The molecule has 1 saturated heterocycles. The maximum Gasteiger partial charge on any atom is 0.273 e. The summed E-state index contributed by atoms with van der Waals surface area (Å²) in [5.74, 6) is 0.0386. The Bertz CT molecular complexity index is 883. The Morgan fingerprint density at radius 2 is 2.07 bits per heavy atom. The molecule has 2 atom stereocenters. The van der Waals surface area contributed by atoms with Crippen molar-refractivity contribution in [1.29, 1.82) is 0 Å². The standard InChI is InChI=1S/C20H25N5O4/c1-20(7-10-29-12-20)19(27)25-14(13-5-3-4-6-15(13)28-2)11-24-18(26)16-17(21)23-9-8-22-16/h3-6,8-9,14H,7,10-12H2,1-2H3,(H2,21,23)(H,24,26)(H,25,27). The molecule has 0 bridgehead atoms. The van der Waals surface area contributed by atoms with Crippen molar-refractivity contribution in [2.75, 3.05) is 32.6 Å². The second kappa shape index (κ2) is 8.87. The number of nitrogen functional groups attached to an aromatic ring is 1.